The van der Waals surface area contributed by atoms with Crippen molar-refractivity contribution in [3.8, 4) is 22.6 Å². The topological polar surface area (TPSA) is 189 Å². The summed E-state index contributed by atoms with van der Waals surface area (Å²) >= 11 is 0. The number of rotatable bonds is 21. The molecule has 4 aromatic carbocycles. The number of nitrogens with two attached hydrogens (primary N) is 1. The molecule has 0 saturated carbocycles. The number of guanidine groups is 1. The summed E-state index contributed by atoms with van der Waals surface area (Å²) in [6, 6.07) is 22.9. The zero-order chi connectivity index (χ0) is 42.1. The van der Waals surface area contributed by atoms with Crippen molar-refractivity contribution in [2.75, 3.05) is 39.9 Å². The number of hydrogen-bond donors (Lipinski definition) is 7. The third-order valence-corrected chi connectivity index (χ3v) is 9.44. The van der Waals surface area contributed by atoms with E-state index in [4.69, 9.17) is 25.4 Å². The Morgan fingerprint density at radius 1 is 0.690 bits per heavy atom. The van der Waals surface area contributed by atoms with Crippen LogP contribution in [-0.2, 0) is 14.3 Å². The maximum Gasteiger partial charge on any atom is 0.407 e. The van der Waals surface area contributed by atoms with Gasteiger partial charge in [-0.25, -0.2) is 4.79 Å². The lowest BCUT2D eigenvalue weighted by atomic mass is 9.92. The van der Waals surface area contributed by atoms with Gasteiger partial charge in [-0.05, 0) is 98.9 Å². The Bertz CT molecular complexity index is 1980. The second kappa shape index (κ2) is 22.4. The van der Waals surface area contributed by atoms with Crippen LogP contribution in [0.15, 0.2) is 72.8 Å². The Labute approximate surface area is 343 Å². The van der Waals surface area contributed by atoms with Crippen LogP contribution in [0.4, 0.5) is 4.79 Å². The van der Waals surface area contributed by atoms with Gasteiger partial charge in [0, 0.05) is 31.3 Å². The highest BCUT2D eigenvalue weighted by atomic mass is 16.6. The first-order valence-electron chi connectivity index (χ1n) is 20.4. The molecule has 8 N–H and O–H groups in total. The van der Waals surface area contributed by atoms with Crippen LogP contribution in [0.3, 0.4) is 0 Å². The molecule has 58 heavy (non-hydrogen) atoms. The number of benzene rings is 4. The molecule has 0 spiro atoms. The van der Waals surface area contributed by atoms with Gasteiger partial charge in [0.2, 0.25) is 11.8 Å². The number of carbonyl (C=O) groups is 3. The van der Waals surface area contributed by atoms with Gasteiger partial charge in [0.15, 0.2) is 5.96 Å². The van der Waals surface area contributed by atoms with Crippen molar-refractivity contribution in [3.63, 3.8) is 0 Å². The first-order valence-corrected chi connectivity index (χ1v) is 20.4. The van der Waals surface area contributed by atoms with E-state index in [1.807, 2.05) is 42.5 Å². The number of amides is 3. The number of ether oxygens (including phenoxy) is 3. The fraction of sp³-hybridized carbons (Fsp3) is 0.467. The zero-order valence-corrected chi connectivity index (χ0v) is 35.0. The molecule has 0 fully saturated rings. The molecule has 0 aliphatic rings. The first kappa shape index (κ1) is 45.1. The zero-order valence-electron chi connectivity index (χ0n) is 35.0. The fourth-order valence-corrected chi connectivity index (χ4v) is 6.40. The van der Waals surface area contributed by atoms with Gasteiger partial charge in [-0.2, -0.15) is 0 Å². The molecule has 0 aliphatic heterocycles. The minimum Gasteiger partial charge on any atom is -0.493 e. The molecular weight excluding hydrogens is 735 g/mol. The highest BCUT2D eigenvalue weighted by Gasteiger charge is 2.24. The first-order chi connectivity index (χ1) is 27.8. The molecule has 0 unspecified atom stereocenters. The molecule has 4 rings (SSSR count). The number of fused-ring (bicyclic) bond motifs is 2. The van der Waals surface area contributed by atoms with E-state index < -0.39 is 29.7 Å². The van der Waals surface area contributed by atoms with Gasteiger partial charge < -0.3 is 46.5 Å². The van der Waals surface area contributed by atoms with Crippen LogP contribution in [0.1, 0.15) is 73.1 Å². The number of nitrogens with one attached hydrogen (secondary N) is 6. The molecule has 0 aliphatic carbocycles. The summed E-state index contributed by atoms with van der Waals surface area (Å²) in [6.45, 7) is 11.5. The molecule has 3 amide bonds. The molecule has 13 nitrogen and oxygen atoms in total. The lowest BCUT2D eigenvalue weighted by Crippen LogP contribution is -2.52. The van der Waals surface area contributed by atoms with Crippen molar-refractivity contribution in [2.24, 2.45) is 11.7 Å². The van der Waals surface area contributed by atoms with Crippen LogP contribution in [0, 0.1) is 11.3 Å². The van der Waals surface area contributed by atoms with Gasteiger partial charge >= 0.3 is 6.09 Å². The van der Waals surface area contributed by atoms with Crippen molar-refractivity contribution in [1.29, 1.82) is 5.41 Å². The second-order valence-corrected chi connectivity index (χ2v) is 15.8. The molecule has 0 aromatic heterocycles. The highest BCUT2D eigenvalue weighted by Crippen LogP contribution is 2.45. The van der Waals surface area contributed by atoms with Crippen LogP contribution in [0.25, 0.3) is 32.7 Å². The quantitative estimate of drug-likeness (QED) is 0.0277. The Morgan fingerprint density at radius 3 is 1.86 bits per heavy atom. The molecule has 0 bridgehead atoms. The molecule has 314 valence electrons. The van der Waals surface area contributed by atoms with Gasteiger partial charge in [-0.3, -0.25) is 15.0 Å². The van der Waals surface area contributed by atoms with Gasteiger partial charge in [0.1, 0.15) is 29.7 Å². The summed E-state index contributed by atoms with van der Waals surface area (Å²) in [5, 5.41) is 26.0. The van der Waals surface area contributed by atoms with E-state index in [1.165, 1.54) is 0 Å². The van der Waals surface area contributed by atoms with Crippen molar-refractivity contribution in [2.45, 2.75) is 90.8 Å². The van der Waals surface area contributed by atoms with Crippen molar-refractivity contribution in [1.82, 2.24) is 26.6 Å². The second-order valence-electron chi connectivity index (χ2n) is 15.8. The SMILES string of the molecule is CNC(=N)NCCC[C@@H](N)C(=O)N[C@H](CCCCNC(=O)OC(C)(C)C)C(=O)NCCOc1ccc2ccccc2c1-c1c(OCCC(C)C)ccc2ccccc12. The molecule has 0 radical (unpaired) electrons. The van der Waals surface area contributed by atoms with Crippen LogP contribution in [-0.4, -0.2) is 81.4 Å². The molecule has 2 atom stereocenters. The molecular formula is C45H63N7O6. The highest BCUT2D eigenvalue weighted by molar-refractivity contribution is 6.09. The van der Waals surface area contributed by atoms with E-state index >= 15 is 0 Å². The van der Waals surface area contributed by atoms with Crippen molar-refractivity contribution >= 4 is 45.4 Å². The van der Waals surface area contributed by atoms with Crippen LogP contribution in [0.2, 0.25) is 0 Å². The molecule has 4 aromatic rings. The van der Waals surface area contributed by atoms with E-state index in [2.05, 4.69) is 70.8 Å². The number of alkyl carbamates (subject to hydrolysis) is 1. The monoisotopic (exact) mass is 797 g/mol. The summed E-state index contributed by atoms with van der Waals surface area (Å²) in [7, 11) is 1.65. The third kappa shape index (κ3) is 14.1. The summed E-state index contributed by atoms with van der Waals surface area (Å²) in [4.78, 5) is 38.9. The molecule has 0 heterocycles. The summed E-state index contributed by atoms with van der Waals surface area (Å²) in [5.41, 5.74) is 7.47. The average Bonchev–Trinajstić information content (AvgIpc) is 3.19. The number of unbranched alkanes of at least 4 members (excludes halogenated alkanes) is 1. The van der Waals surface area contributed by atoms with Gasteiger partial charge in [0.05, 0.1) is 19.2 Å². The summed E-state index contributed by atoms with van der Waals surface area (Å²) in [6.07, 6.45) is 2.78. The van der Waals surface area contributed by atoms with Crippen LogP contribution in [0.5, 0.6) is 11.5 Å². The smallest absolute Gasteiger partial charge is 0.407 e. The van der Waals surface area contributed by atoms with Crippen LogP contribution < -0.4 is 41.8 Å². The van der Waals surface area contributed by atoms with E-state index in [0.29, 0.717) is 63.5 Å². The number of hydrogen-bond acceptors (Lipinski definition) is 8. The minimum atomic E-state index is -0.854. The summed E-state index contributed by atoms with van der Waals surface area (Å²) in [5.74, 6) is 1.32. The predicted molar refractivity (Wildman–Crippen MR) is 232 cm³/mol. The Balaban J connectivity index is 1.47. The Kier molecular flexibility index (Phi) is 17.4. The third-order valence-electron chi connectivity index (χ3n) is 9.44. The van der Waals surface area contributed by atoms with Gasteiger partial charge in [-0.15, -0.1) is 0 Å². The summed E-state index contributed by atoms with van der Waals surface area (Å²) < 4.78 is 18.3. The minimum absolute atomic E-state index is 0.167. The van der Waals surface area contributed by atoms with E-state index in [0.717, 1.165) is 44.8 Å². The van der Waals surface area contributed by atoms with Crippen molar-refractivity contribution < 1.29 is 28.6 Å². The lowest BCUT2D eigenvalue weighted by molar-refractivity contribution is -0.130. The maximum atomic E-state index is 13.6. The Hall–Kier alpha value is -5.56. The van der Waals surface area contributed by atoms with E-state index in [-0.39, 0.29) is 25.0 Å². The number of carbonyl (C=O) groups excluding carboxylic acids is 3. The van der Waals surface area contributed by atoms with Crippen molar-refractivity contribution in [3.05, 3.63) is 72.8 Å². The fourth-order valence-electron chi connectivity index (χ4n) is 6.40. The Morgan fingerprint density at radius 2 is 1.28 bits per heavy atom. The van der Waals surface area contributed by atoms with Gasteiger partial charge in [-0.1, -0.05) is 74.5 Å². The molecule has 0 saturated heterocycles. The largest absolute Gasteiger partial charge is 0.493 e. The van der Waals surface area contributed by atoms with Crippen LogP contribution >= 0.6 is 0 Å². The predicted octanol–water partition coefficient (Wildman–Crippen LogP) is 6.61. The molecule has 13 heteroatoms. The lowest BCUT2D eigenvalue weighted by Gasteiger charge is -2.22. The average molecular weight is 798 g/mol. The normalized spacial score (nSPS) is 12.4. The van der Waals surface area contributed by atoms with E-state index in [9.17, 15) is 14.4 Å². The van der Waals surface area contributed by atoms with Gasteiger partial charge in [0.25, 0.3) is 0 Å². The van der Waals surface area contributed by atoms with E-state index in [1.54, 1.807) is 27.8 Å². The standard InChI is InChI=1S/C45H63N7O6/c1-30(2)24-28-56-37-22-20-31-14-7-9-16-33(31)39(37)40-34-17-10-8-15-32(34)21-23-38(40)57-29-27-49-42(54)36(19-11-12-25-51-44(55)58-45(3,4)5)52-41(53)35(46)18-13-26-50-43(47)48-6/h7-10,14-17,20-23,30,35-36H,11-13,18-19,24-29,46H2,1-6H3,(H,49,54)(H,51,55)(H,52,53)(H3,47,48,50)/t35-,36-/m1/s1. The maximum absolute atomic E-state index is 13.6.